The highest BCUT2D eigenvalue weighted by Crippen LogP contribution is 2.37. The number of unbranched alkanes of at least 4 members (excludes halogenated alkanes) is 3. The van der Waals surface area contributed by atoms with E-state index in [2.05, 4.69) is 37.1 Å². The number of terminal acetylenes is 1. The zero-order valence-corrected chi connectivity index (χ0v) is 12.9. The SMILES string of the molecule is C#Cc1ccc(C2CCC(CCCCCC)CC2)cc1. The van der Waals surface area contributed by atoms with E-state index in [1.54, 1.807) is 0 Å². The van der Waals surface area contributed by atoms with Crippen molar-refractivity contribution in [1.82, 2.24) is 0 Å². The number of rotatable bonds is 6. The fourth-order valence-electron chi connectivity index (χ4n) is 3.50. The molecule has 0 heterocycles. The Morgan fingerprint density at radius 3 is 2.30 bits per heavy atom. The Morgan fingerprint density at radius 1 is 1.00 bits per heavy atom. The maximum atomic E-state index is 5.41. The molecule has 0 amide bonds. The highest BCUT2D eigenvalue weighted by molar-refractivity contribution is 5.35. The molecule has 0 saturated heterocycles. The molecule has 0 N–H and O–H groups in total. The van der Waals surface area contributed by atoms with Gasteiger partial charge in [-0.3, -0.25) is 0 Å². The van der Waals surface area contributed by atoms with Gasteiger partial charge in [0.05, 0.1) is 0 Å². The third kappa shape index (κ3) is 4.41. The first-order valence-electron chi connectivity index (χ1n) is 8.40. The van der Waals surface area contributed by atoms with Gasteiger partial charge in [-0.1, -0.05) is 57.1 Å². The van der Waals surface area contributed by atoms with E-state index in [1.807, 2.05) is 0 Å². The lowest BCUT2D eigenvalue weighted by Gasteiger charge is -2.29. The highest BCUT2D eigenvalue weighted by Gasteiger charge is 2.21. The van der Waals surface area contributed by atoms with E-state index in [1.165, 1.54) is 63.4 Å². The molecule has 0 aliphatic heterocycles. The summed E-state index contributed by atoms with van der Waals surface area (Å²) in [7, 11) is 0. The first-order valence-corrected chi connectivity index (χ1v) is 8.40. The van der Waals surface area contributed by atoms with E-state index in [-0.39, 0.29) is 0 Å². The van der Waals surface area contributed by atoms with Gasteiger partial charge in [-0.05, 0) is 55.2 Å². The fourth-order valence-corrected chi connectivity index (χ4v) is 3.50. The maximum absolute atomic E-state index is 5.41. The molecule has 1 aromatic rings. The van der Waals surface area contributed by atoms with Crippen LogP contribution in [0.1, 0.15) is 81.8 Å². The molecule has 0 heteroatoms. The molecule has 1 aliphatic rings. The topological polar surface area (TPSA) is 0 Å². The van der Waals surface area contributed by atoms with Gasteiger partial charge in [0, 0.05) is 5.56 Å². The zero-order chi connectivity index (χ0) is 14.2. The van der Waals surface area contributed by atoms with Crippen LogP contribution in [0.3, 0.4) is 0 Å². The Kier molecular flexibility index (Phi) is 6.19. The summed E-state index contributed by atoms with van der Waals surface area (Å²) in [6, 6.07) is 8.65. The van der Waals surface area contributed by atoms with E-state index in [4.69, 9.17) is 6.42 Å². The predicted molar refractivity (Wildman–Crippen MR) is 87.8 cm³/mol. The lowest BCUT2D eigenvalue weighted by Crippen LogP contribution is -2.13. The summed E-state index contributed by atoms with van der Waals surface area (Å²) in [4.78, 5) is 0. The molecule has 1 aromatic carbocycles. The molecule has 0 unspecified atom stereocenters. The summed E-state index contributed by atoms with van der Waals surface area (Å²) in [5, 5.41) is 0. The largest absolute Gasteiger partial charge is 0.115 e. The number of hydrogen-bond acceptors (Lipinski definition) is 0. The van der Waals surface area contributed by atoms with Crippen LogP contribution in [0.25, 0.3) is 0 Å². The van der Waals surface area contributed by atoms with Crippen molar-refractivity contribution in [3.05, 3.63) is 35.4 Å². The van der Waals surface area contributed by atoms with Crippen LogP contribution in [-0.4, -0.2) is 0 Å². The Labute approximate surface area is 125 Å². The summed E-state index contributed by atoms with van der Waals surface area (Å²) in [5.74, 6) is 4.46. The summed E-state index contributed by atoms with van der Waals surface area (Å²) < 4.78 is 0. The van der Waals surface area contributed by atoms with Crippen LogP contribution in [0.5, 0.6) is 0 Å². The molecule has 0 radical (unpaired) electrons. The van der Waals surface area contributed by atoms with E-state index in [0.717, 1.165) is 17.4 Å². The molecule has 0 bridgehead atoms. The maximum Gasteiger partial charge on any atom is 0.0242 e. The minimum absolute atomic E-state index is 0.772. The monoisotopic (exact) mass is 268 g/mol. The van der Waals surface area contributed by atoms with Crippen molar-refractivity contribution in [2.75, 3.05) is 0 Å². The van der Waals surface area contributed by atoms with Crippen LogP contribution in [0, 0.1) is 18.3 Å². The zero-order valence-electron chi connectivity index (χ0n) is 12.9. The van der Waals surface area contributed by atoms with Gasteiger partial charge in [0.15, 0.2) is 0 Å². The van der Waals surface area contributed by atoms with Gasteiger partial charge < -0.3 is 0 Å². The van der Waals surface area contributed by atoms with Crippen molar-refractivity contribution in [1.29, 1.82) is 0 Å². The van der Waals surface area contributed by atoms with Gasteiger partial charge in [0.1, 0.15) is 0 Å². The molecule has 1 aliphatic carbocycles. The Bertz CT molecular complexity index is 412. The van der Waals surface area contributed by atoms with Crippen LogP contribution in [0.2, 0.25) is 0 Å². The second-order valence-corrected chi connectivity index (χ2v) is 6.33. The van der Waals surface area contributed by atoms with Gasteiger partial charge in [-0.25, -0.2) is 0 Å². The molecule has 0 spiro atoms. The van der Waals surface area contributed by atoms with Gasteiger partial charge in [0.25, 0.3) is 0 Å². The average Bonchev–Trinajstić information content (AvgIpc) is 2.52. The summed E-state index contributed by atoms with van der Waals surface area (Å²) in [6.45, 7) is 2.29. The molecule has 108 valence electrons. The molecule has 20 heavy (non-hydrogen) atoms. The van der Waals surface area contributed by atoms with Gasteiger partial charge in [-0.2, -0.15) is 0 Å². The van der Waals surface area contributed by atoms with Crippen LogP contribution >= 0.6 is 0 Å². The molecule has 2 rings (SSSR count). The lowest BCUT2D eigenvalue weighted by atomic mass is 9.77. The molecule has 1 fully saturated rings. The van der Waals surface area contributed by atoms with Gasteiger partial charge in [-0.15, -0.1) is 6.42 Å². The highest BCUT2D eigenvalue weighted by atomic mass is 14.3. The average molecular weight is 268 g/mol. The summed E-state index contributed by atoms with van der Waals surface area (Å²) in [5.41, 5.74) is 2.49. The Balaban J connectivity index is 1.74. The third-order valence-electron chi connectivity index (χ3n) is 4.86. The molecule has 1 saturated carbocycles. The summed E-state index contributed by atoms with van der Waals surface area (Å²) in [6.07, 6.45) is 18.1. The number of benzene rings is 1. The van der Waals surface area contributed by atoms with Crippen LogP contribution in [0.15, 0.2) is 24.3 Å². The van der Waals surface area contributed by atoms with Crippen LogP contribution in [-0.2, 0) is 0 Å². The number of hydrogen-bond donors (Lipinski definition) is 0. The first-order chi connectivity index (χ1) is 9.83. The predicted octanol–water partition coefficient (Wildman–Crippen LogP) is 5.91. The van der Waals surface area contributed by atoms with E-state index >= 15 is 0 Å². The molecule has 0 aromatic heterocycles. The second-order valence-electron chi connectivity index (χ2n) is 6.33. The van der Waals surface area contributed by atoms with E-state index in [0.29, 0.717) is 0 Å². The minimum atomic E-state index is 0.772. The molecular weight excluding hydrogens is 240 g/mol. The minimum Gasteiger partial charge on any atom is -0.115 e. The van der Waals surface area contributed by atoms with Crippen LogP contribution in [0.4, 0.5) is 0 Å². The summed E-state index contributed by atoms with van der Waals surface area (Å²) >= 11 is 0. The van der Waals surface area contributed by atoms with Crippen molar-refractivity contribution in [2.45, 2.75) is 70.6 Å². The molecular formula is C20H28. The Morgan fingerprint density at radius 2 is 1.70 bits per heavy atom. The quantitative estimate of drug-likeness (QED) is 0.444. The second kappa shape index (κ2) is 8.15. The molecule has 0 nitrogen and oxygen atoms in total. The van der Waals surface area contributed by atoms with Crippen molar-refractivity contribution in [2.24, 2.45) is 5.92 Å². The fraction of sp³-hybridized carbons (Fsp3) is 0.600. The van der Waals surface area contributed by atoms with E-state index < -0.39 is 0 Å². The van der Waals surface area contributed by atoms with Crippen molar-refractivity contribution < 1.29 is 0 Å². The van der Waals surface area contributed by atoms with Crippen molar-refractivity contribution >= 4 is 0 Å². The Hall–Kier alpha value is -1.22. The first kappa shape index (κ1) is 15.2. The third-order valence-corrected chi connectivity index (χ3v) is 4.86. The smallest absolute Gasteiger partial charge is 0.0242 e. The van der Waals surface area contributed by atoms with Gasteiger partial charge >= 0.3 is 0 Å². The van der Waals surface area contributed by atoms with E-state index in [9.17, 15) is 0 Å². The molecule has 0 atom stereocenters. The normalized spacial score (nSPS) is 22.4. The van der Waals surface area contributed by atoms with Gasteiger partial charge in [0.2, 0.25) is 0 Å². The standard InChI is InChI=1S/C20H28/c1-3-5-6-7-8-18-11-15-20(16-12-18)19-13-9-17(4-2)10-14-19/h2,9-10,13-14,18,20H,3,5-8,11-12,15-16H2,1H3. The lowest BCUT2D eigenvalue weighted by molar-refractivity contribution is 0.302. The van der Waals surface area contributed by atoms with Crippen LogP contribution < -0.4 is 0 Å². The van der Waals surface area contributed by atoms with Crippen molar-refractivity contribution in [3.63, 3.8) is 0 Å². The van der Waals surface area contributed by atoms with Crippen molar-refractivity contribution in [3.8, 4) is 12.3 Å².